The van der Waals surface area contributed by atoms with E-state index in [0.717, 1.165) is 104 Å². The first-order chi connectivity index (χ1) is 32.6. The Kier molecular flexibility index (Phi) is 13.9. The second-order valence-electron chi connectivity index (χ2n) is 16.4. The van der Waals surface area contributed by atoms with E-state index in [4.69, 9.17) is 0 Å². The molecular formula is C62H43IrN4. The molecule has 0 radical (unpaired) electrons. The van der Waals surface area contributed by atoms with Crippen LogP contribution in [0.2, 0.25) is 0 Å². The van der Waals surface area contributed by atoms with Crippen LogP contribution in [-0.4, -0.2) is 15.0 Å². The minimum atomic E-state index is 0. The molecule has 67 heavy (non-hydrogen) atoms. The van der Waals surface area contributed by atoms with Crippen LogP contribution in [0.1, 0.15) is 27.8 Å². The van der Waals surface area contributed by atoms with Gasteiger partial charge in [0.1, 0.15) is 0 Å². The second-order valence-corrected chi connectivity index (χ2v) is 16.4. The van der Waals surface area contributed by atoms with Gasteiger partial charge in [-0.05, 0) is 93.1 Å². The van der Waals surface area contributed by atoms with Crippen molar-refractivity contribution in [3.63, 3.8) is 0 Å². The summed E-state index contributed by atoms with van der Waals surface area (Å²) < 4.78 is 0. The van der Waals surface area contributed by atoms with Gasteiger partial charge in [-0.15, -0.1) is 94.5 Å². The molecule has 0 saturated heterocycles. The van der Waals surface area contributed by atoms with Crippen LogP contribution in [0, 0.1) is 29.5 Å². The first-order valence-corrected chi connectivity index (χ1v) is 22.3. The smallest absolute Gasteiger partial charge is 0.305 e. The molecule has 10 rings (SSSR count). The van der Waals surface area contributed by atoms with E-state index in [1.807, 2.05) is 91.3 Å². The van der Waals surface area contributed by atoms with Gasteiger partial charge in [-0.3, -0.25) is 0 Å². The standard InChI is InChI=1S/C62H43N4.Ir/c63-43-54-41-51(48-12-2-1-3-13-48)31-33-56(54)59-42-52(62-18-8-11-37-66-62)32-34-58(59)57-15-5-4-14-55(57)53-39-46(21-19-44-23-27-49(28-24-44)60-16-6-9-35-64-60)38-47(40-53)22-20-45-25-29-50(30-26-45)61-17-7-10-36-65-61;/h1-18,23-27,29,31,33-42H,19-22H2;/q-3;+3. The molecular weight excluding hydrogens is 993 g/mol. The van der Waals surface area contributed by atoms with Crippen molar-refractivity contribution in [2.75, 3.05) is 0 Å². The average Bonchev–Trinajstić information content (AvgIpc) is 3.40. The van der Waals surface area contributed by atoms with Crippen molar-refractivity contribution >= 4 is 0 Å². The van der Waals surface area contributed by atoms with E-state index < -0.39 is 0 Å². The van der Waals surface area contributed by atoms with Crippen LogP contribution in [0.5, 0.6) is 0 Å². The monoisotopic (exact) mass is 1040 g/mol. The maximum absolute atomic E-state index is 10.7. The normalized spacial score (nSPS) is 10.8. The summed E-state index contributed by atoms with van der Waals surface area (Å²) in [6.07, 6.45) is 8.91. The molecule has 0 spiro atoms. The molecule has 0 bridgehead atoms. The SMILES string of the molecule is N#Cc1cc(-c2ccccc2)ccc1-c1cc(-c2ccccn2)[c-]cc1-c1ccccc1-c1cc(CCc2c[c-]c(-c3ccccn3)cc2)cc(CCc2c[c-]c(-c3ccccn3)cc2)c1.[Ir+3]. The van der Waals surface area contributed by atoms with Crippen molar-refractivity contribution in [1.29, 1.82) is 5.26 Å². The van der Waals surface area contributed by atoms with Crippen LogP contribution in [0.3, 0.4) is 0 Å². The van der Waals surface area contributed by atoms with Crippen molar-refractivity contribution in [3.05, 3.63) is 259 Å². The fourth-order valence-corrected chi connectivity index (χ4v) is 8.63. The number of hydrogen-bond acceptors (Lipinski definition) is 4. The van der Waals surface area contributed by atoms with Crippen molar-refractivity contribution < 1.29 is 20.1 Å². The van der Waals surface area contributed by atoms with Gasteiger partial charge in [0.05, 0.1) is 11.6 Å². The number of benzene rings is 7. The van der Waals surface area contributed by atoms with Gasteiger partial charge in [0, 0.05) is 18.6 Å². The van der Waals surface area contributed by atoms with Crippen molar-refractivity contribution in [1.82, 2.24) is 15.0 Å². The number of aryl methyl sites for hydroxylation is 4. The van der Waals surface area contributed by atoms with Gasteiger partial charge in [0.15, 0.2) is 0 Å². The van der Waals surface area contributed by atoms with Crippen molar-refractivity contribution in [2.24, 2.45) is 0 Å². The van der Waals surface area contributed by atoms with Gasteiger partial charge in [-0.2, -0.15) is 5.26 Å². The molecule has 10 aromatic rings. The molecule has 0 amide bonds. The minimum absolute atomic E-state index is 0. The van der Waals surface area contributed by atoms with Gasteiger partial charge in [-0.1, -0.05) is 151 Å². The van der Waals surface area contributed by atoms with Crippen LogP contribution in [-0.2, 0) is 45.8 Å². The Morgan fingerprint density at radius 2 is 0.881 bits per heavy atom. The van der Waals surface area contributed by atoms with Crippen molar-refractivity contribution in [3.8, 4) is 84.3 Å². The maximum Gasteiger partial charge on any atom is 3.00 e. The molecule has 0 aliphatic rings. The zero-order valence-corrected chi connectivity index (χ0v) is 39.1. The summed E-state index contributed by atoms with van der Waals surface area (Å²) in [6.45, 7) is 0. The van der Waals surface area contributed by atoms with E-state index >= 15 is 0 Å². The van der Waals surface area contributed by atoms with E-state index in [9.17, 15) is 5.26 Å². The molecule has 0 unspecified atom stereocenters. The van der Waals surface area contributed by atoms with Gasteiger partial charge in [-0.25, -0.2) is 0 Å². The average molecular weight is 1040 g/mol. The third-order valence-corrected chi connectivity index (χ3v) is 12.1. The molecule has 0 aliphatic heterocycles. The largest absolute Gasteiger partial charge is 3.00 e. The molecule has 0 aliphatic carbocycles. The summed E-state index contributed by atoms with van der Waals surface area (Å²) in [5.41, 5.74) is 19.3. The number of nitriles is 1. The fourth-order valence-electron chi connectivity index (χ4n) is 8.63. The molecule has 3 heterocycles. The molecule has 320 valence electrons. The van der Waals surface area contributed by atoms with Gasteiger partial charge < -0.3 is 15.0 Å². The molecule has 3 aromatic heterocycles. The molecule has 0 saturated carbocycles. The molecule has 0 N–H and O–H groups in total. The summed E-state index contributed by atoms with van der Waals surface area (Å²) in [4.78, 5) is 13.7. The quantitative estimate of drug-likeness (QED) is 0.108. The van der Waals surface area contributed by atoms with Crippen molar-refractivity contribution in [2.45, 2.75) is 25.7 Å². The number of nitrogens with zero attached hydrogens (tertiary/aromatic N) is 4. The Labute approximate surface area is 406 Å². The van der Waals surface area contributed by atoms with Crippen LogP contribution in [0.25, 0.3) is 78.3 Å². The number of pyridine rings is 3. The maximum atomic E-state index is 10.7. The number of aromatic nitrogens is 3. The molecule has 0 atom stereocenters. The number of rotatable bonds is 13. The summed E-state index contributed by atoms with van der Waals surface area (Å²) >= 11 is 0. The molecule has 0 fully saturated rings. The third kappa shape index (κ3) is 10.3. The van der Waals surface area contributed by atoms with E-state index in [1.165, 1.54) is 22.3 Å². The summed E-state index contributed by atoms with van der Waals surface area (Å²) in [7, 11) is 0. The predicted molar refractivity (Wildman–Crippen MR) is 267 cm³/mol. The summed E-state index contributed by atoms with van der Waals surface area (Å²) in [6, 6.07) is 80.0. The van der Waals surface area contributed by atoms with Crippen LogP contribution < -0.4 is 0 Å². The third-order valence-electron chi connectivity index (χ3n) is 12.1. The Balaban J connectivity index is 0.00000562. The molecule has 7 aromatic carbocycles. The summed E-state index contributed by atoms with van der Waals surface area (Å²) in [5, 5.41) is 10.7. The van der Waals surface area contributed by atoms with Gasteiger partial charge in [0.2, 0.25) is 0 Å². The Bertz CT molecular complexity index is 3170. The fraction of sp³-hybridized carbons (Fsp3) is 0.0645. The van der Waals surface area contributed by atoms with Crippen LogP contribution in [0.15, 0.2) is 213 Å². The second kappa shape index (κ2) is 21.0. The zero-order valence-electron chi connectivity index (χ0n) is 36.7. The van der Waals surface area contributed by atoms with Gasteiger partial charge >= 0.3 is 20.1 Å². The zero-order chi connectivity index (χ0) is 44.5. The Morgan fingerprint density at radius 3 is 1.42 bits per heavy atom. The molecule has 4 nitrogen and oxygen atoms in total. The number of hydrogen-bond donors (Lipinski definition) is 0. The van der Waals surface area contributed by atoms with E-state index in [0.29, 0.717) is 5.56 Å². The van der Waals surface area contributed by atoms with E-state index in [1.54, 1.807) is 6.20 Å². The van der Waals surface area contributed by atoms with Crippen LogP contribution >= 0.6 is 0 Å². The predicted octanol–water partition coefficient (Wildman–Crippen LogP) is 14.4. The Morgan fingerprint density at radius 1 is 0.358 bits per heavy atom. The van der Waals surface area contributed by atoms with E-state index in [2.05, 4.69) is 154 Å². The summed E-state index contributed by atoms with van der Waals surface area (Å²) in [5.74, 6) is 0. The van der Waals surface area contributed by atoms with Gasteiger partial charge in [0.25, 0.3) is 0 Å². The Hall–Kier alpha value is -7.87. The first-order valence-electron chi connectivity index (χ1n) is 22.3. The van der Waals surface area contributed by atoms with Crippen LogP contribution in [0.4, 0.5) is 0 Å². The topological polar surface area (TPSA) is 62.5 Å². The minimum Gasteiger partial charge on any atom is -0.305 e. The van der Waals surface area contributed by atoms with E-state index in [-0.39, 0.29) is 20.1 Å². The first kappa shape index (κ1) is 44.3. The molecule has 5 heteroatoms.